The number of carbonyl (C=O) groups is 1. The molecule has 3 aromatic rings. The number of nitrogens with one attached hydrogen (secondary N) is 2. The van der Waals surface area contributed by atoms with Crippen LogP contribution in [0.5, 0.6) is 0 Å². The van der Waals surface area contributed by atoms with Gasteiger partial charge in [-0.3, -0.25) is 20.1 Å². The average molecular weight is 520 g/mol. The van der Waals surface area contributed by atoms with Gasteiger partial charge in [-0.1, -0.05) is 18.2 Å². The van der Waals surface area contributed by atoms with Gasteiger partial charge < -0.3 is 9.80 Å². The van der Waals surface area contributed by atoms with E-state index in [2.05, 4.69) is 37.2 Å². The Balaban J connectivity index is 1.41. The number of likely N-dealkylation sites (N-methyl/N-ethyl adjacent to an activating group) is 1. The van der Waals surface area contributed by atoms with Crippen LogP contribution in [0, 0.1) is 0 Å². The number of carbonyl (C=O) groups excluding carboxylic acids is 1. The maximum atomic E-state index is 11.6. The van der Waals surface area contributed by atoms with E-state index < -0.39 is 5.91 Å². The number of nitrogens with zero attached hydrogens (tertiary/aromatic N) is 7. The first kappa shape index (κ1) is 24.9. The lowest BCUT2D eigenvalue weighted by atomic mass is 10.1. The Hall–Kier alpha value is -3.77. The van der Waals surface area contributed by atoms with E-state index in [9.17, 15) is 4.79 Å². The molecule has 1 amide bonds. The second kappa shape index (κ2) is 11.5. The molecule has 0 unspecified atom stereocenters. The normalized spacial score (nSPS) is 16.7. The van der Waals surface area contributed by atoms with Gasteiger partial charge in [0.1, 0.15) is 5.84 Å². The molecule has 12 heteroatoms. The fourth-order valence-corrected chi connectivity index (χ4v) is 5.42. The number of hydrogen-bond acceptors (Lipinski definition) is 10. The number of amides is 1. The Bertz CT molecular complexity index is 1340. The zero-order valence-electron chi connectivity index (χ0n) is 20.6. The molecule has 192 valence electrons. The average Bonchev–Trinajstić information content (AvgIpc) is 3.46. The number of amidine groups is 2. The Morgan fingerprint density at radius 3 is 2.78 bits per heavy atom. The summed E-state index contributed by atoms with van der Waals surface area (Å²) in [7, 11) is 1.91. The van der Waals surface area contributed by atoms with Crippen molar-refractivity contribution in [3.63, 3.8) is 0 Å². The van der Waals surface area contributed by atoms with Crippen LogP contribution in [0.3, 0.4) is 0 Å². The van der Waals surface area contributed by atoms with Crippen molar-refractivity contribution in [2.75, 3.05) is 43.9 Å². The molecule has 1 saturated heterocycles. The molecule has 0 atom stereocenters. The van der Waals surface area contributed by atoms with E-state index in [-0.39, 0.29) is 5.56 Å². The van der Waals surface area contributed by atoms with Crippen LogP contribution in [0.2, 0.25) is 0 Å². The highest BCUT2D eigenvalue weighted by molar-refractivity contribution is 8.03. The SMILES string of the molecule is CN(CC1=CCN=C(c2cccc3[nH]ncc23)N=C(N2CCCCC2)CS1)c1ncc(C(=O)NO)cn1. The summed E-state index contributed by atoms with van der Waals surface area (Å²) in [5.74, 6) is 2.33. The molecule has 0 spiro atoms. The van der Waals surface area contributed by atoms with Crippen molar-refractivity contribution < 1.29 is 10.0 Å². The first-order chi connectivity index (χ1) is 18.1. The molecule has 0 radical (unpaired) electrons. The lowest BCUT2D eigenvalue weighted by molar-refractivity contribution is 0.0705. The number of aliphatic imine (C=N–C) groups is 2. The van der Waals surface area contributed by atoms with Crippen LogP contribution in [-0.2, 0) is 0 Å². The number of thioether (sulfide) groups is 1. The molecular formula is C25H29N9O2S. The van der Waals surface area contributed by atoms with E-state index >= 15 is 0 Å². The number of hydrogen-bond donors (Lipinski definition) is 3. The zero-order chi connectivity index (χ0) is 25.6. The molecule has 11 nitrogen and oxygen atoms in total. The first-order valence-corrected chi connectivity index (χ1v) is 13.2. The van der Waals surface area contributed by atoms with Crippen molar-refractivity contribution in [2.24, 2.45) is 9.98 Å². The van der Waals surface area contributed by atoms with Gasteiger partial charge in [-0.05, 0) is 25.3 Å². The number of anilines is 1. The van der Waals surface area contributed by atoms with Gasteiger partial charge in [-0.2, -0.15) is 5.10 Å². The number of aromatic amines is 1. The number of fused-ring (bicyclic) bond motifs is 1. The largest absolute Gasteiger partial charge is 0.359 e. The Morgan fingerprint density at radius 2 is 2.00 bits per heavy atom. The van der Waals surface area contributed by atoms with Crippen molar-refractivity contribution >= 4 is 46.2 Å². The number of benzene rings is 1. The van der Waals surface area contributed by atoms with Crippen molar-refractivity contribution in [3.8, 4) is 0 Å². The van der Waals surface area contributed by atoms with Crippen molar-refractivity contribution in [3.05, 3.63) is 58.9 Å². The number of hydroxylamine groups is 1. The summed E-state index contributed by atoms with van der Waals surface area (Å²) >= 11 is 1.75. The van der Waals surface area contributed by atoms with Gasteiger partial charge in [-0.15, -0.1) is 11.8 Å². The molecule has 2 aliphatic heterocycles. The third-order valence-corrected chi connectivity index (χ3v) is 7.43. The van der Waals surface area contributed by atoms with Gasteiger partial charge in [0, 0.05) is 48.4 Å². The Labute approximate surface area is 218 Å². The molecule has 0 saturated carbocycles. The number of aromatic nitrogens is 4. The lowest BCUT2D eigenvalue weighted by Crippen LogP contribution is -2.37. The molecule has 37 heavy (non-hydrogen) atoms. The molecule has 4 heterocycles. The van der Waals surface area contributed by atoms with E-state index in [1.807, 2.05) is 30.3 Å². The quantitative estimate of drug-likeness (QED) is 0.346. The number of piperidine rings is 1. The zero-order valence-corrected chi connectivity index (χ0v) is 21.4. The molecule has 3 N–H and O–H groups in total. The van der Waals surface area contributed by atoms with Crippen LogP contribution in [0.1, 0.15) is 35.2 Å². The van der Waals surface area contributed by atoms with Gasteiger partial charge in [0.25, 0.3) is 5.91 Å². The Morgan fingerprint density at radius 1 is 1.19 bits per heavy atom. The van der Waals surface area contributed by atoms with Gasteiger partial charge in [-0.25, -0.2) is 20.4 Å². The van der Waals surface area contributed by atoms with E-state index in [1.54, 1.807) is 17.2 Å². The highest BCUT2D eigenvalue weighted by Gasteiger charge is 2.20. The standard InChI is InChI=1S/C25H29N9O2S/c1-33(25-27-12-17(13-28-25)24(35)32-36)15-18-8-9-26-23(19-6-5-7-21-20(19)14-29-31-21)30-22(16-37-18)34-10-3-2-4-11-34/h5-8,12-14,36H,2-4,9-11,15-16H2,1H3,(H,29,31)(H,32,35). The molecule has 0 bridgehead atoms. The van der Waals surface area contributed by atoms with Gasteiger partial charge >= 0.3 is 0 Å². The molecule has 1 fully saturated rings. The van der Waals surface area contributed by atoms with Crippen LogP contribution in [-0.4, -0.2) is 86.8 Å². The fraction of sp³-hybridized carbons (Fsp3) is 0.360. The third-order valence-electron chi connectivity index (χ3n) is 6.36. The highest BCUT2D eigenvalue weighted by atomic mass is 32.2. The summed E-state index contributed by atoms with van der Waals surface area (Å²) in [4.78, 5) is 35.6. The van der Waals surface area contributed by atoms with E-state index in [4.69, 9.17) is 15.2 Å². The fourth-order valence-electron chi connectivity index (χ4n) is 4.38. The van der Waals surface area contributed by atoms with Gasteiger partial charge in [0.2, 0.25) is 5.95 Å². The highest BCUT2D eigenvalue weighted by Crippen LogP contribution is 2.24. The van der Waals surface area contributed by atoms with Crippen LogP contribution >= 0.6 is 11.8 Å². The maximum absolute atomic E-state index is 11.6. The molecule has 5 rings (SSSR count). The monoisotopic (exact) mass is 519 g/mol. The number of H-pyrrole nitrogens is 1. The maximum Gasteiger partial charge on any atom is 0.277 e. The second-order valence-corrected chi connectivity index (χ2v) is 10.0. The second-order valence-electron chi connectivity index (χ2n) is 8.90. The topological polar surface area (TPSA) is 135 Å². The van der Waals surface area contributed by atoms with Crippen molar-refractivity contribution in [2.45, 2.75) is 19.3 Å². The summed E-state index contributed by atoms with van der Waals surface area (Å²) in [6.45, 7) is 3.09. The van der Waals surface area contributed by atoms with Crippen LogP contribution < -0.4 is 10.4 Å². The smallest absolute Gasteiger partial charge is 0.277 e. The first-order valence-electron chi connectivity index (χ1n) is 12.2. The van der Waals surface area contributed by atoms with Crippen molar-refractivity contribution in [1.29, 1.82) is 0 Å². The van der Waals surface area contributed by atoms with Gasteiger partial charge in [0.15, 0.2) is 5.84 Å². The van der Waals surface area contributed by atoms with Crippen LogP contribution in [0.25, 0.3) is 10.9 Å². The van der Waals surface area contributed by atoms with Crippen molar-refractivity contribution in [1.82, 2.24) is 30.5 Å². The summed E-state index contributed by atoms with van der Waals surface area (Å²) in [6, 6.07) is 6.06. The molecule has 2 aromatic heterocycles. The van der Waals surface area contributed by atoms with Crippen LogP contribution in [0.4, 0.5) is 5.95 Å². The minimum absolute atomic E-state index is 0.188. The number of likely N-dealkylation sites (tertiary alicyclic amines) is 1. The lowest BCUT2D eigenvalue weighted by Gasteiger charge is -2.30. The minimum atomic E-state index is -0.645. The Kier molecular flexibility index (Phi) is 7.76. The van der Waals surface area contributed by atoms with E-state index in [0.29, 0.717) is 19.0 Å². The molecule has 2 aliphatic rings. The predicted octanol–water partition coefficient (Wildman–Crippen LogP) is 2.87. The van der Waals surface area contributed by atoms with E-state index in [0.717, 1.165) is 51.9 Å². The summed E-state index contributed by atoms with van der Waals surface area (Å²) in [5.41, 5.74) is 3.71. The molecule has 0 aliphatic carbocycles. The summed E-state index contributed by atoms with van der Waals surface area (Å²) in [5, 5.41) is 17.1. The van der Waals surface area contributed by atoms with Gasteiger partial charge in [0.05, 0.1) is 36.1 Å². The van der Waals surface area contributed by atoms with E-state index in [1.165, 1.54) is 31.7 Å². The van der Waals surface area contributed by atoms with Crippen LogP contribution in [0.15, 0.2) is 57.8 Å². The minimum Gasteiger partial charge on any atom is -0.359 e. The molecular weight excluding hydrogens is 490 g/mol. The molecule has 1 aromatic carbocycles. The summed E-state index contributed by atoms with van der Waals surface area (Å²) in [6.07, 6.45) is 10.3. The third kappa shape index (κ3) is 5.81. The predicted molar refractivity (Wildman–Crippen MR) is 145 cm³/mol. The number of rotatable bonds is 5. The summed E-state index contributed by atoms with van der Waals surface area (Å²) < 4.78 is 0.